The van der Waals surface area contributed by atoms with Gasteiger partial charge in [0.25, 0.3) is 5.91 Å². The van der Waals surface area contributed by atoms with E-state index in [2.05, 4.69) is 10.6 Å². The SMILES string of the molecule is O=C(Nc1cccc(C(=O)N2CCC(C(=O)c3ccccc3)CC2)c1)NC1CC1. The quantitative estimate of drug-likeness (QED) is 0.763. The minimum atomic E-state index is -0.239. The zero-order valence-electron chi connectivity index (χ0n) is 16.3. The summed E-state index contributed by atoms with van der Waals surface area (Å²) in [6, 6.07) is 16.4. The molecule has 4 rings (SSSR count). The van der Waals surface area contributed by atoms with Crippen molar-refractivity contribution < 1.29 is 14.4 Å². The van der Waals surface area contributed by atoms with Gasteiger partial charge in [0.15, 0.2) is 5.78 Å². The van der Waals surface area contributed by atoms with E-state index in [9.17, 15) is 14.4 Å². The number of rotatable bonds is 5. The molecule has 2 aromatic rings. The van der Waals surface area contributed by atoms with Crippen LogP contribution in [0.1, 0.15) is 46.4 Å². The highest BCUT2D eigenvalue weighted by molar-refractivity contribution is 5.99. The Bertz CT molecular complexity index is 901. The minimum absolute atomic E-state index is 0.0411. The molecule has 1 aliphatic heterocycles. The number of Topliss-reactive ketones (excluding diaryl/α,β-unsaturated/α-hetero) is 1. The molecule has 2 fully saturated rings. The lowest BCUT2D eigenvalue weighted by molar-refractivity contribution is 0.0650. The fourth-order valence-corrected chi connectivity index (χ4v) is 3.68. The number of carbonyl (C=O) groups excluding carboxylic acids is 3. The maximum atomic E-state index is 12.9. The van der Waals surface area contributed by atoms with Gasteiger partial charge in [0.1, 0.15) is 0 Å². The normalized spacial score (nSPS) is 16.9. The van der Waals surface area contributed by atoms with Gasteiger partial charge < -0.3 is 15.5 Å². The number of carbonyl (C=O) groups is 3. The minimum Gasteiger partial charge on any atom is -0.339 e. The van der Waals surface area contributed by atoms with E-state index >= 15 is 0 Å². The van der Waals surface area contributed by atoms with Crippen molar-refractivity contribution in [1.29, 1.82) is 0 Å². The molecule has 1 saturated carbocycles. The maximum Gasteiger partial charge on any atom is 0.319 e. The summed E-state index contributed by atoms with van der Waals surface area (Å²) in [5, 5.41) is 5.65. The first-order valence-electron chi connectivity index (χ1n) is 10.2. The second-order valence-corrected chi connectivity index (χ2v) is 7.75. The Morgan fingerprint density at radius 3 is 2.21 bits per heavy atom. The second kappa shape index (κ2) is 8.47. The fourth-order valence-electron chi connectivity index (χ4n) is 3.68. The highest BCUT2D eigenvalue weighted by atomic mass is 16.2. The highest BCUT2D eigenvalue weighted by Crippen LogP contribution is 2.24. The summed E-state index contributed by atoms with van der Waals surface area (Å²) in [4.78, 5) is 39.2. The van der Waals surface area contributed by atoms with Crippen molar-refractivity contribution in [3.63, 3.8) is 0 Å². The summed E-state index contributed by atoms with van der Waals surface area (Å²) < 4.78 is 0. The first kappa shape index (κ1) is 19.2. The van der Waals surface area contributed by atoms with Crippen LogP contribution in [0.15, 0.2) is 54.6 Å². The van der Waals surface area contributed by atoms with Gasteiger partial charge in [-0.05, 0) is 43.9 Å². The summed E-state index contributed by atoms with van der Waals surface area (Å²) >= 11 is 0. The summed E-state index contributed by atoms with van der Waals surface area (Å²) in [6.45, 7) is 1.11. The van der Waals surface area contributed by atoms with Crippen LogP contribution in [-0.2, 0) is 0 Å². The lowest BCUT2D eigenvalue weighted by atomic mass is 9.88. The van der Waals surface area contributed by atoms with Gasteiger partial charge in [-0.25, -0.2) is 4.79 Å². The van der Waals surface area contributed by atoms with E-state index in [0.29, 0.717) is 37.2 Å². The summed E-state index contributed by atoms with van der Waals surface area (Å²) in [5.41, 5.74) is 1.88. The van der Waals surface area contributed by atoms with Crippen LogP contribution in [0.4, 0.5) is 10.5 Å². The molecule has 1 saturated heterocycles. The number of nitrogens with zero attached hydrogens (tertiary/aromatic N) is 1. The monoisotopic (exact) mass is 391 g/mol. The standard InChI is InChI=1S/C23H25N3O3/c27-21(16-5-2-1-3-6-16)17-11-13-26(14-12-17)22(28)18-7-4-8-20(15-18)25-23(29)24-19-9-10-19/h1-8,15,17,19H,9-14H2,(H2,24,25,29). The lowest BCUT2D eigenvalue weighted by Gasteiger charge is -2.31. The molecule has 6 nitrogen and oxygen atoms in total. The zero-order valence-corrected chi connectivity index (χ0v) is 16.3. The van der Waals surface area contributed by atoms with E-state index in [-0.39, 0.29) is 29.7 Å². The van der Waals surface area contributed by atoms with E-state index in [0.717, 1.165) is 18.4 Å². The number of piperidine rings is 1. The predicted molar refractivity (Wildman–Crippen MR) is 111 cm³/mol. The van der Waals surface area contributed by atoms with Crippen LogP contribution in [0.2, 0.25) is 0 Å². The molecule has 2 aliphatic rings. The molecule has 0 bridgehead atoms. The third-order valence-corrected chi connectivity index (χ3v) is 5.49. The average Bonchev–Trinajstić information content (AvgIpc) is 3.57. The Morgan fingerprint density at radius 2 is 1.52 bits per heavy atom. The molecule has 3 amide bonds. The predicted octanol–water partition coefficient (Wildman–Crippen LogP) is 3.71. The van der Waals surface area contributed by atoms with Gasteiger partial charge in [-0.3, -0.25) is 9.59 Å². The van der Waals surface area contributed by atoms with Crippen molar-refractivity contribution >= 4 is 23.4 Å². The molecular weight excluding hydrogens is 366 g/mol. The fraction of sp³-hybridized carbons (Fsp3) is 0.348. The maximum absolute atomic E-state index is 12.9. The second-order valence-electron chi connectivity index (χ2n) is 7.75. The first-order valence-corrected chi connectivity index (χ1v) is 10.2. The molecule has 0 spiro atoms. The molecule has 6 heteroatoms. The van der Waals surface area contributed by atoms with Gasteiger partial charge in [0, 0.05) is 41.9 Å². The highest BCUT2D eigenvalue weighted by Gasteiger charge is 2.28. The van der Waals surface area contributed by atoms with Crippen LogP contribution in [0, 0.1) is 5.92 Å². The molecule has 0 unspecified atom stereocenters. The number of urea groups is 1. The summed E-state index contributed by atoms with van der Waals surface area (Å²) in [5.74, 6) is 0.0491. The molecule has 2 aromatic carbocycles. The lowest BCUT2D eigenvalue weighted by Crippen LogP contribution is -2.40. The van der Waals surface area contributed by atoms with Crippen molar-refractivity contribution in [2.45, 2.75) is 31.7 Å². The van der Waals surface area contributed by atoms with Crippen LogP contribution in [-0.4, -0.2) is 41.8 Å². The van der Waals surface area contributed by atoms with Gasteiger partial charge in [-0.2, -0.15) is 0 Å². The molecule has 0 radical (unpaired) electrons. The molecule has 2 N–H and O–H groups in total. The van der Waals surface area contributed by atoms with Crippen molar-refractivity contribution in [2.24, 2.45) is 5.92 Å². The van der Waals surface area contributed by atoms with Crippen LogP contribution in [0.5, 0.6) is 0 Å². The number of hydrogen-bond acceptors (Lipinski definition) is 3. The number of amides is 3. The van der Waals surface area contributed by atoms with Crippen molar-refractivity contribution in [3.8, 4) is 0 Å². The number of ketones is 1. The smallest absolute Gasteiger partial charge is 0.319 e. The van der Waals surface area contributed by atoms with Crippen molar-refractivity contribution in [2.75, 3.05) is 18.4 Å². The summed E-state index contributed by atoms with van der Waals surface area (Å²) in [6.07, 6.45) is 3.38. The molecular formula is C23H25N3O3. The Morgan fingerprint density at radius 1 is 0.828 bits per heavy atom. The van der Waals surface area contributed by atoms with Crippen molar-refractivity contribution in [1.82, 2.24) is 10.2 Å². The van der Waals surface area contributed by atoms with Crippen LogP contribution < -0.4 is 10.6 Å². The molecule has 1 aliphatic carbocycles. The largest absolute Gasteiger partial charge is 0.339 e. The Kier molecular flexibility index (Phi) is 5.60. The number of likely N-dealkylation sites (tertiary alicyclic amines) is 1. The Balaban J connectivity index is 1.34. The molecule has 0 atom stereocenters. The van der Waals surface area contributed by atoms with E-state index in [1.165, 1.54) is 0 Å². The van der Waals surface area contributed by atoms with Gasteiger partial charge in [-0.15, -0.1) is 0 Å². The van der Waals surface area contributed by atoms with E-state index < -0.39 is 0 Å². The number of nitrogens with one attached hydrogen (secondary N) is 2. The van der Waals surface area contributed by atoms with Gasteiger partial charge in [-0.1, -0.05) is 36.4 Å². The van der Waals surface area contributed by atoms with Crippen molar-refractivity contribution in [3.05, 3.63) is 65.7 Å². The third-order valence-electron chi connectivity index (χ3n) is 5.49. The van der Waals surface area contributed by atoms with Gasteiger partial charge in [0.05, 0.1) is 0 Å². The van der Waals surface area contributed by atoms with Crippen LogP contribution in [0.3, 0.4) is 0 Å². The number of anilines is 1. The average molecular weight is 391 g/mol. The third kappa shape index (κ3) is 4.83. The summed E-state index contributed by atoms with van der Waals surface area (Å²) in [7, 11) is 0. The zero-order chi connectivity index (χ0) is 20.2. The van der Waals surface area contributed by atoms with E-state index in [1.807, 2.05) is 30.3 Å². The molecule has 150 valence electrons. The number of hydrogen-bond donors (Lipinski definition) is 2. The van der Waals surface area contributed by atoms with E-state index in [4.69, 9.17) is 0 Å². The Labute approximate surface area is 170 Å². The van der Waals surface area contributed by atoms with E-state index in [1.54, 1.807) is 29.2 Å². The molecule has 0 aromatic heterocycles. The van der Waals surface area contributed by atoms with Crippen LogP contribution >= 0.6 is 0 Å². The Hall–Kier alpha value is -3.15. The molecule has 1 heterocycles. The van der Waals surface area contributed by atoms with Crippen LogP contribution in [0.25, 0.3) is 0 Å². The number of benzene rings is 2. The first-order chi connectivity index (χ1) is 14.1. The van der Waals surface area contributed by atoms with Gasteiger partial charge >= 0.3 is 6.03 Å². The van der Waals surface area contributed by atoms with Gasteiger partial charge in [0.2, 0.25) is 0 Å². The molecule has 29 heavy (non-hydrogen) atoms. The topological polar surface area (TPSA) is 78.5 Å².